The Hall–Kier alpha value is -2.38. The Morgan fingerprint density at radius 3 is 2.67 bits per heavy atom. The van der Waals surface area contributed by atoms with Crippen molar-refractivity contribution >= 4 is 50.8 Å². The molecule has 0 fully saturated rings. The van der Waals surface area contributed by atoms with Crippen molar-refractivity contribution in [2.75, 3.05) is 5.32 Å². The summed E-state index contributed by atoms with van der Waals surface area (Å²) in [6, 6.07) is 7.91. The molecule has 0 saturated carbocycles. The number of aromatic amines is 1. The molecule has 1 aromatic carbocycles. The first kappa shape index (κ1) is 13.6. The largest absolute Gasteiger partial charge is 0.477 e. The molecule has 1 amide bonds. The van der Waals surface area contributed by atoms with Gasteiger partial charge in [0.2, 0.25) is 0 Å². The van der Waals surface area contributed by atoms with Gasteiger partial charge < -0.3 is 10.4 Å². The number of carbonyl (C=O) groups is 2. The van der Waals surface area contributed by atoms with Crippen molar-refractivity contribution in [2.24, 2.45) is 0 Å². The van der Waals surface area contributed by atoms with Gasteiger partial charge >= 0.3 is 5.97 Å². The number of amides is 1. The Morgan fingerprint density at radius 1 is 1.29 bits per heavy atom. The number of nitrogens with zero attached hydrogens (tertiary/aromatic N) is 1. The van der Waals surface area contributed by atoms with Crippen molar-refractivity contribution in [3.05, 3.63) is 45.8 Å². The van der Waals surface area contributed by atoms with E-state index in [1.165, 1.54) is 6.07 Å². The second-order valence-electron chi connectivity index (χ2n) is 4.19. The number of carboxylic acids is 1. The Balaban J connectivity index is 1.89. The SMILES string of the molecule is O=C(Nc1[nH]nc2sc(C(=O)O)cc12)c1ccc(Cl)cc1. The molecule has 0 aliphatic carbocycles. The van der Waals surface area contributed by atoms with Crippen LogP contribution in [-0.4, -0.2) is 27.2 Å². The van der Waals surface area contributed by atoms with E-state index in [0.717, 1.165) is 11.3 Å². The van der Waals surface area contributed by atoms with Crippen molar-refractivity contribution in [1.29, 1.82) is 0 Å². The Labute approximate surface area is 127 Å². The number of hydrogen-bond acceptors (Lipinski definition) is 4. The smallest absolute Gasteiger partial charge is 0.345 e. The third-order valence-corrected chi connectivity index (χ3v) is 4.08. The molecule has 0 aliphatic rings. The Bertz CT molecular complexity index is 838. The summed E-state index contributed by atoms with van der Waals surface area (Å²) in [6.07, 6.45) is 0. The van der Waals surface area contributed by atoms with Gasteiger partial charge in [0.1, 0.15) is 15.5 Å². The van der Waals surface area contributed by atoms with E-state index in [9.17, 15) is 9.59 Å². The van der Waals surface area contributed by atoms with Gasteiger partial charge in [-0.15, -0.1) is 11.3 Å². The average molecular weight is 322 g/mol. The van der Waals surface area contributed by atoms with E-state index in [1.807, 2.05) is 0 Å². The molecular formula is C13H8ClN3O3S. The van der Waals surface area contributed by atoms with E-state index in [2.05, 4.69) is 15.5 Å². The molecule has 0 aliphatic heterocycles. The lowest BCUT2D eigenvalue weighted by atomic mass is 10.2. The van der Waals surface area contributed by atoms with Crippen LogP contribution in [0.1, 0.15) is 20.0 Å². The lowest BCUT2D eigenvalue weighted by Crippen LogP contribution is -2.12. The molecule has 0 saturated heterocycles. The van der Waals surface area contributed by atoms with Crippen LogP contribution in [0.4, 0.5) is 5.82 Å². The predicted molar refractivity (Wildman–Crippen MR) is 80.3 cm³/mol. The molecule has 2 heterocycles. The van der Waals surface area contributed by atoms with E-state index in [4.69, 9.17) is 16.7 Å². The number of anilines is 1. The van der Waals surface area contributed by atoms with Crippen LogP contribution in [0.5, 0.6) is 0 Å². The number of nitrogens with one attached hydrogen (secondary N) is 2. The van der Waals surface area contributed by atoms with Crippen LogP contribution in [0.25, 0.3) is 10.2 Å². The second-order valence-corrected chi connectivity index (χ2v) is 5.66. The summed E-state index contributed by atoms with van der Waals surface area (Å²) < 4.78 is 0. The van der Waals surface area contributed by atoms with Gasteiger partial charge in [-0.3, -0.25) is 9.89 Å². The van der Waals surface area contributed by atoms with E-state index in [1.54, 1.807) is 24.3 Å². The first-order chi connectivity index (χ1) is 10.0. The molecule has 0 bridgehead atoms. The summed E-state index contributed by atoms with van der Waals surface area (Å²) in [5.74, 6) is -0.984. The minimum atomic E-state index is -1.02. The van der Waals surface area contributed by atoms with Gasteiger partial charge in [0.05, 0.1) is 5.39 Å². The molecule has 3 N–H and O–H groups in total. The summed E-state index contributed by atoms with van der Waals surface area (Å²) in [6.45, 7) is 0. The lowest BCUT2D eigenvalue weighted by Gasteiger charge is -2.02. The number of fused-ring (bicyclic) bond motifs is 1. The maximum atomic E-state index is 12.1. The van der Waals surface area contributed by atoms with Gasteiger partial charge in [-0.05, 0) is 30.3 Å². The topological polar surface area (TPSA) is 95.1 Å². The first-order valence-electron chi connectivity index (χ1n) is 5.83. The van der Waals surface area contributed by atoms with Crippen LogP contribution in [0.2, 0.25) is 5.02 Å². The number of carboxylic acid groups (broad SMARTS) is 1. The number of H-pyrrole nitrogens is 1. The van der Waals surface area contributed by atoms with E-state index >= 15 is 0 Å². The number of thiophene rings is 1. The minimum Gasteiger partial charge on any atom is -0.477 e. The van der Waals surface area contributed by atoms with Gasteiger partial charge in [0, 0.05) is 10.6 Å². The number of rotatable bonds is 3. The molecule has 0 unspecified atom stereocenters. The zero-order valence-electron chi connectivity index (χ0n) is 10.4. The molecule has 2 aromatic heterocycles. The van der Waals surface area contributed by atoms with Crippen molar-refractivity contribution in [3.8, 4) is 0 Å². The van der Waals surface area contributed by atoms with E-state index in [0.29, 0.717) is 26.6 Å². The highest BCUT2D eigenvalue weighted by Crippen LogP contribution is 2.29. The number of hydrogen-bond donors (Lipinski definition) is 3. The standard InChI is InChI=1S/C13H8ClN3O3S/c14-7-3-1-6(2-4-7)11(18)15-10-8-5-9(13(19)20)21-12(8)17-16-10/h1-5H,(H,19,20)(H2,15,16,17,18). The molecular weight excluding hydrogens is 314 g/mol. The maximum absolute atomic E-state index is 12.1. The summed E-state index contributed by atoms with van der Waals surface area (Å²) in [5, 5.41) is 19.4. The average Bonchev–Trinajstić information content (AvgIpc) is 3.01. The predicted octanol–water partition coefficient (Wildman–Crippen LogP) is 3.23. The minimum absolute atomic E-state index is 0.170. The third kappa shape index (κ3) is 2.61. The molecule has 0 atom stereocenters. The number of aromatic carboxylic acids is 1. The van der Waals surface area contributed by atoms with Gasteiger partial charge in [-0.25, -0.2) is 4.79 Å². The molecule has 21 heavy (non-hydrogen) atoms. The number of benzene rings is 1. The fourth-order valence-corrected chi connectivity index (χ4v) is 2.76. The zero-order chi connectivity index (χ0) is 15.0. The van der Waals surface area contributed by atoms with Crippen LogP contribution >= 0.6 is 22.9 Å². The first-order valence-corrected chi connectivity index (χ1v) is 7.02. The normalized spacial score (nSPS) is 10.7. The van der Waals surface area contributed by atoms with Crippen molar-refractivity contribution in [3.63, 3.8) is 0 Å². The molecule has 0 spiro atoms. The quantitative estimate of drug-likeness (QED) is 0.690. The van der Waals surface area contributed by atoms with Crippen molar-refractivity contribution < 1.29 is 14.7 Å². The maximum Gasteiger partial charge on any atom is 0.345 e. The molecule has 0 radical (unpaired) electrons. The molecule has 106 valence electrons. The second kappa shape index (κ2) is 5.19. The molecule has 6 nitrogen and oxygen atoms in total. The fourth-order valence-electron chi connectivity index (χ4n) is 1.80. The van der Waals surface area contributed by atoms with Crippen LogP contribution in [-0.2, 0) is 0 Å². The zero-order valence-corrected chi connectivity index (χ0v) is 12.0. The van der Waals surface area contributed by atoms with Gasteiger partial charge in [-0.2, -0.15) is 5.10 Å². The van der Waals surface area contributed by atoms with Crippen LogP contribution < -0.4 is 5.32 Å². The highest BCUT2D eigenvalue weighted by atomic mass is 35.5. The highest BCUT2D eigenvalue weighted by molar-refractivity contribution is 7.20. The molecule has 3 rings (SSSR count). The van der Waals surface area contributed by atoms with Crippen molar-refractivity contribution in [1.82, 2.24) is 10.2 Å². The lowest BCUT2D eigenvalue weighted by molar-refractivity contribution is 0.0702. The summed E-state index contributed by atoms with van der Waals surface area (Å²) in [4.78, 5) is 23.7. The third-order valence-electron chi connectivity index (χ3n) is 2.81. The van der Waals surface area contributed by atoms with E-state index < -0.39 is 5.97 Å². The van der Waals surface area contributed by atoms with Gasteiger partial charge in [0.25, 0.3) is 5.91 Å². The number of carbonyl (C=O) groups excluding carboxylic acids is 1. The summed E-state index contributed by atoms with van der Waals surface area (Å²) >= 11 is 6.81. The monoisotopic (exact) mass is 321 g/mol. The van der Waals surface area contributed by atoms with Gasteiger partial charge in [0.15, 0.2) is 0 Å². The van der Waals surface area contributed by atoms with Crippen LogP contribution in [0.15, 0.2) is 30.3 Å². The molecule has 8 heteroatoms. The summed E-state index contributed by atoms with van der Waals surface area (Å²) in [7, 11) is 0. The number of aromatic nitrogens is 2. The highest BCUT2D eigenvalue weighted by Gasteiger charge is 2.16. The Kier molecular flexibility index (Phi) is 3.36. The van der Waals surface area contributed by atoms with E-state index in [-0.39, 0.29) is 10.8 Å². The summed E-state index contributed by atoms with van der Waals surface area (Å²) in [5.41, 5.74) is 0.441. The van der Waals surface area contributed by atoms with Crippen molar-refractivity contribution in [2.45, 2.75) is 0 Å². The molecule has 3 aromatic rings. The van der Waals surface area contributed by atoms with Crippen LogP contribution in [0.3, 0.4) is 0 Å². The van der Waals surface area contributed by atoms with Crippen LogP contribution in [0, 0.1) is 0 Å². The van der Waals surface area contributed by atoms with Gasteiger partial charge in [-0.1, -0.05) is 11.6 Å². The fraction of sp³-hybridized carbons (Fsp3) is 0. The Morgan fingerprint density at radius 2 is 2.00 bits per heavy atom. The number of halogens is 1.